The van der Waals surface area contributed by atoms with Gasteiger partial charge in [0.05, 0.1) is 19.8 Å². The molecular formula is C21H18LiO3P. The van der Waals surface area contributed by atoms with E-state index in [2.05, 4.69) is 0 Å². The molecule has 5 heteroatoms. The molecule has 0 saturated heterocycles. The molecule has 0 N–H and O–H groups in total. The fraction of sp³-hybridized carbons (Fsp3) is 0.0952. The van der Waals surface area contributed by atoms with Crippen LogP contribution in [0.4, 0.5) is 0 Å². The summed E-state index contributed by atoms with van der Waals surface area (Å²) in [6, 6.07) is 23.3. The topological polar surface area (TPSA) is 35.5 Å². The second-order valence-corrected chi connectivity index (χ2v) is 6.45. The molecule has 0 fully saturated rings. The van der Waals surface area contributed by atoms with Gasteiger partial charge in [0, 0.05) is 5.52 Å². The number of benzene rings is 3. The fourth-order valence-corrected chi connectivity index (χ4v) is 3.70. The molecule has 0 heterocycles. The van der Waals surface area contributed by atoms with Crippen LogP contribution in [0.15, 0.2) is 72.8 Å². The zero-order valence-electron chi connectivity index (χ0n) is 15.1. The van der Waals surface area contributed by atoms with Gasteiger partial charge in [0.15, 0.2) is 0 Å². The maximum Gasteiger partial charge on any atom is 1.00 e. The van der Waals surface area contributed by atoms with Crippen molar-refractivity contribution >= 4 is 19.4 Å². The third-order valence-electron chi connectivity index (χ3n) is 3.85. The van der Waals surface area contributed by atoms with Gasteiger partial charge in [-0.3, -0.25) is 0 Å². The fourth-order valence-electron chi connectivity index (χ4n) is 2.66. The van der Waals surface area contributed by atoms with Gasteiger partial charge in [-0.2, -0.15) is 5.30 Å². The average molecular weight is 356 g/mol. The first-order chi connectivity index (χ1) is 12.2. The van der Waals surface area contributed by atoms with Crippen molar-refractivity contribution in [3.05, 3.63) is 78.4 Å². The minimum Gasteiger partial charge on any atom is -0.496 e. The summed E-state index contributed by atoms with van der Waals surface area (Å²) < 4.78 is 10.7. The van der Waals surface area contributed by atoms with Crippen molar-refractivity contribution in [2.75, 3.05) is 14.2 Å². The Morgan fingerprint density at radius 3 is 1.96 bits per heavy atom. The molecule has 3 rings (SSSR count). The van der Waals surface area contributed by atoms with Crippen molar-refractivity contribution in [3.8, 4) is 22.6 Å². The van der Waals surface area contributed by atoms with Crippen molar-refractivity contribution in [2.45, 2.75) is 0 Å². The summed E-state index contributed by atoms with van der Waals surface area (Å²) in [6.07, 6.45) is 0. The molecule has 0 aliphatic rings. The molecule has 0 saturated carbocycles. The Labute approximate surface area is 167 Å². The monoisotopic (exact) mass is 356 g/mol. The summed E-state index contributed by atoms with van der Waals surface area (Å²) >= 11 is 0. The van der Waals surface area contributed by atoms with Crippen LogP contribution in [-0.4, -0.2) is 19.7 Å². The van der Waals surface area contributed by atoms with Crippen LogP contribution in [0.1, 0.15) is 10.4 Å². The van der Waals surface area contributed by atoms with Crippen molar-refractivity contribution in [2.24, 2.45) is 0 Å². The van der Waals surface area contributed by atoms with E-state index in [1.807, 2.05) is 60.7 Å². The summed E-state index contributed by atoms with van der Waals surface area (Å²) in [5.74, 6) is 1.04. The maximum absolute atomic E-state index is 13.0. The third kappa shape index (κ3) is 4.37. The summed E-state index contributed by atoms with van der Waals surface area (Å²) in [5, 5.41) is 0.951. The van der Waals surface area contributed by atoms with Crippen LogP contribution in [0, 0.1) is 0 Å². The molecule has 3 nitrogen and oxygen atoms in total. The van der Waals surface area contributed by atoms with Gasteiger partial charge in [0.1, 0.15) is 11.5 Å². The van der Waals surface area contributed by atoms with Crippen molar-refractivity contribution in [3.63, 3.8) is 0 Å². The van der Waals surface area contributed by atoms with Gasteiger partial charge in [0.25, 0.3) is 0 Å². The SMILES string of the molecule is COc1cccc(OC)c1C(=O)[P-]c1ccccc1-c1ccccc1.[Li+]. The number of carbonyl (C=O) groups is 1. The molecule has 0 radical (unpaired) electrons. The van der Waals surface area contributed by atoms with Gasteiger partial charge in [-0.25, -0.2) is 0 Å². The molecule has 3 aromatic rings. The van der Waals surface area contributed by atoms with E-state index in [0.717, 1.165) is 16.4 Å². The molecule has 0 amide bonds. The van der Waals surface area contributed by atoms with Crippen LogP contribution in [0.2, 0.25) is 0 Å². The molecule has 0 aliphatic heterocycles. The number of rotatable bonds is 6. The van der Waals surface area contributed by atoms with Crippen LogP contribution in [0.5, 0.6) is 11.5 Å². The second kappa shape index (κ2) is 9.60. The van der Waals surface area contributed by atoms with Gasteiger partial charge in [0.2, 0.25) is 0 Å². The molecule has 0 unspecified atom stereocenters. The van der Waals surface area contributed by atoms with Crippen LogP contribution < -0.4 is 33.6 Å². The zero-order chi connectivity index (χ0) is 17.6. The van der Waals surface area contributed by atoms with Crippen LogP contribution in [-0.2, 0) is 0 Å². The molecule has 0 spiro atoms. The second-order valence-electron chi connectivity index (χ2n) is 5.34. The van der Waals surface area contributed by atoms with E-state index in [9.17, 15) is 4.79 Å². The minimum atomic E-state index is -0.0577. The Kier molecular flexibility index (Phi) is 7.48. The van der Waals surface area contributed by atoms with Crippen LogP contribution in [0.3, 0.4) is 0 Å². The maximum atomic E-state index is 13.0. The van der Waals surface area contributed by atoms with Crippen LogP contribution >= 0.6 is 8.58 Å². The van der Waals surface area contributed by atoms with Gasteiger partial charge in [-0.05, 0) is 23.3 Å². The van der Waals surface area contributed by atoms with Gasteiger partial charge in [-0.15, -0.1) is 0 Å². The predicted molar refractivity (Wildman–Crippen MR) is 102 cm³/mol. The minimum absolute atomic E-state index is 0. The van der Waals surface area contributed by atoms with E-state index in [1.54, 1.807) is 26.4 Å². The smallest absolute Gasteiger partial charge is 0.496 e. The zero-order valence-corrected chi connectivity index (χ0v) is 16.0. The van der Waals surface area contributed by atoms with Crippen molar-refractivity contribution in [1.82, 2.24) is 0 Å². The van der Waals surface area contributed by atoms with E-state index in [1.165, 1.54) is 0 Å². The molecule has 26 heavy (non-hydrogen) atoms. The van der Waals surface area contributed by atoms with Gasteiger partial charge < -0.3 is 22.8 Å². The molecule has 0 bridgehead atoms. The van der Waals surface area contributed by atoms with Crippen molar-refractivity contribution < 1.29 is 33.1 Å². The Morgan fingerprint density at radius 1 is 0.769 bits per heavy atom. The van der Waals surface area contributed by atoms with E-state index in [4.69, 9.17) is 9.47 Å². The first-order valence-corrected chi connectivity index (χ1v) is 8.75. The molecule has 0 aromatic heterocycles. The molecule has 0 aliphatic carbocycles. The third-order valence-corrected chi connectivity index (χ3v) is 4.91. The van der Waals surface area contributed by atoms with E-state index in [0.29, 0.717) is 25.6 Å². The predicted octanol–water partition coefficient (Wildman–Crippen LogP) is 1.79. The standard InChI is InChI=1S/C21H18O3P.Li/c1-23-17-12-8-13-18(24-2)20(17)21(22)25-19-14-7-6-11-16(19)15-9-4-3-5-10-15;/h3-14H,1-2H3;/q-1;+1. The number of carbonyl (C=O) groups excluding carboxylic acids is 1. The Balaban J connectivity index is 0.00000243. The average Bonchev–Trinajstić information content (AvgIpc) is 2.68. The number of ether oxygens (including phenoxy) is 2. The molecule has 3 aromatic carbocycles. The Morgan fingerprint density at radius 2 is 1.35 bits per heavy atom. The van der Waals surface area contributed by atoms with E-state index >= 15 is 0 Å². The van der Waals surface area contributed by atoms with E-state index in [-0.39, 0.29) is 24.4 Å². The van der Waals surface area contributed by atoms with E-state index < -0.39 is 0 Å². The first-order valence-electron chi connectivity index (χ1n) is 7.86. The van der Waals surface area contributed by atoms with Gasteiger partial charge >= 0.3 is 18.9 Å². The number of hydrogen-bond donors (Lipinski definition) is 0. The summed E-state index contributed by atoms with van der Waals surface area (Å²) in [6.45, 7) is 0. The van der Waals surface area contributed by atoms with Crippen LogP contribution in [0.25, 0.3) is 11.1 Å². The first kappa shape index (κ1) is 20.3. The normalized spacial score (nSPS) is 10.4. The van der Waals surface area contributed by atoms with Crippen molar-refractivity contribution in [1.29, 1.82) is 0 Å². The number of methoxy groups -OCH3 is 2. The Bertz CT molecular complexity index is 859. The molecule has 0 atom stereocenters. The van der Waals surface area contributed by atoms with Gasteiger partial charge in [-0.1, -0.05) is 60.7 Å². The Hall–Kier alpha value is -2.04. The number of hydrogen-bond acceptors (Lipinski definition) is 3. The largest absolute Gasteiger partial charge is 1.00 e. The quantitative estimate of drug-likeness (QED) is 0.499. The summed E-state index contributed by atoms with van der Waals surface area (Å²) in [4.78, 5) is 13.0. The summed E-state index contributed by atoms with van der Waals surface area (Å²) in [7, 11) is 3.69. The molecular weight excluding hydrogens is 338 g/mol. The molecule has 126 valence electrons. The summed E-state index contributed by atoms with van der Waals surface area (Å²) in [5.41, 5.74) is 2.55.